The summed E-state index contributed by atoms with van der Waals surface area (Å²) in [7, 11) is 0. The van der Waals surface area contributed by atoms with Gasteiger partial charge in [0.25, 0.3) is 0 Å². The van der Waals surface area contributed by atoms with Gasteiger partial charge in [0.2, 0.25) is 0 Å². The Balaban J connectivity index is 1.68. The Labute approximate surface area is 134 Å². The normalized spacial score (nSPS) is 18.7. The molecule has 5 nitrogen and oxygen atoms in total. The van der Waals surface area contributed by atoms with Crippen LogP contribution >= 0.6 is 0 Å². The number of benzene rings is 1. The maximum absolute atomic E-state index is 10.3. The van der Waals surface area contributed by atoms with Crippen molar-refractivity contribution in [2.24, 2.45) is 0 Å². The molecule has 1 fully saturated rings. The van der Waals surface area contributed by atoms with Crippen LogP contribution in [-0.2, 0) is 6.54 Å². The third-order valence-corrected chi connectivity index (χ3v) is 4.61. The van der Waals surface area contributed by atoms with Gasteiger partial charge in [0.05, 0.1) is 11.7 Å². The van der Waals surface area contributed by atoms with E-state index >= 15 is 0 Å². The van der Waals surface area contributed by atoms with Crippen LogP contribution in [0.3, 0.4) is 0 Å². The highest BCUT2D eigenvalue weighted by molar-refractivity contribution is 5.86. The molecular weight excluding hydrogens is 290 g/mol. The molecule has 4 rings (SSSR count). The number of rotatable bonds is 3. The summed E-state index contributed by atoms with van der Waals surface area (Å²) in [5, 5.41) is 16.5. The van der Waals surface area contributed by atoms with Crippen LogP contribution in [0.25, 0.3) is 10.8 Å². The van der Waals surface area contributed by atoms with Gasteiger partial charge in [0.15, 0.2) is 5.76 Å². The molecule has 118 valence electrons. The molecule has 5 heteroatoms. The molecule has 1 atom stereocenters. The fourth-order valence-corrected chi connectivity index (χ4v) is 3.46. The summed E-state index contributed by atoms with van der Waals surface area (Å²) < 4.78 is 5.47. The number of fused-ring (bicyclic) bond motifs is 1. The average molecular weight is 309 g/mol. The molecule has 0 amide bonds. The van der Waals surface area contributed by atoms with Crippen molar-refractivity contribution in [3.05, 3.63) is 53.7 Å². The number of phenolic OH excluding ortho intramolecular Hbond substituents is 1. The second-order valence-electron chi connectivity index (χ2n) is 6.16. The number of likely N-dealkylation sites (tertiary alicyclic amines) is 1. The van der Waals surface area contributed by atoms with Crippen molar-refractivity contribution in [2.75, 3.05) is 6.54 Å². The second-order valence-corrected chi connectivity index (χ2v) is 6.16. The lowest BCUT2D eigenvalue weighted by Gasteiger charge is -2.23. The van der Waals surface area contributed by atoms with Gasteiger partial charge >= 0.3 is 0 Å². The standard InChI is InChI=1S/C18H19N3O2/c1-12-9-18(23-20-12)16-3-2-8-21(16)11-15-14-10-19-7-6-13(14)4-5-17(15)22/h4-7,9-10,16,22H,2-3,8,11H2,1H3/t16-/m0/s1. The molecule has 0 aliphatic carbocycles. The highest BCUT2D eigenvalue weighted by Gasteiger charge is 2.30. The van der Waals surface area contributed by atoms with Crippen molar-refractivity contribution >= 4 is 10.8 Å². The number of hydrogen-bond donors (Lipinski definition) is 1. The fraction of sp³-hybridized carbons (Fsp3) is 0.333. The van der Waals surface area contributed by atoms with Crippen LogP contribution in [0.15, 0.2) is 41.2 Å². The molecule has 2 aromatic heterocycles. The van der Waals surface area contributed by atoms with E-state index in [0.717, 1.165) is 47.2 Å². The third-order valence-electron chi connectivity index (χ3n) is 4.61. The smallest absolute Gasteiger partial charge is 0.154 e. The number of aryl methyl sites for hydroxylation is 1. The Morgan fingerprint density at radius 1 is 1.35 bits per heavy atom. The zero-order valence-corrected chi connectivity index (χ0v) is 13.1. The van der Waals surface area contributed by atoms with Crippen molar-refractivity contribution in [3.8, 4) is 5.75 Å². The molecule has 1 aliphatic heterocycles. The lowest BCUT2D eigenvalue weighted by atomic mass is 10.0. The zero-order valence-electron chi connectivity index (χ0n) is 13.1. The van der Waals surface area contributed by atoms with Crippen LogP contribution < -0.4 is 0 Å². The fourth-order valence-electron chi connectivity index (χ4n) is 3.46. The summed E-state index contributed by atoms with van der Waals surface area (Å²) in [6.07, 6.45) is 5.78. The molecule has 0 radical (unpaired) electrons. The maximum Gasteiger partial charge on any atom is 0.154 e. The summed E-state index contributed by atoms with van der Waals surface area (Å²) >= 11 is 0. The molecule has 23 heavy (non-hydrogen) atoms. The Kier molecular flexibility index (Phi) is 3.50. The van der Waals surface area contributed by atoms with Gasteiger partial charge in [-0.15, -0.1) is 0 Å². The Morgan fingerprint density at radius 3 is 3.09 bits per heavy atom. The molecule has 0 unspecified atom stereocenters. The maximum atomic E-state index is 10.3. The van der Waals surface area contributed by atoms with E-state index < -0.39 is 0 Å². The predicted molar refractivity (Wildman–Crippen MR) is 87.0 cm³/mol. The molecular formula is C18H19N3O2. The van der Waals surface area contributed by atoms with Crippen molar-refractivity contribution in [3.63, 3.8) is 0 Å². The van der Waals surface area contributed by atoms with E-state index in [-0.39, 0.29) is 6.04 Å². The van der Waals surface area contributed by atoms with E-state index in [9.17, 15) is 5.11 Å². The molecule has 1 aromatic carbocycles. The topological polar surface area (TPSA) is 62.4 Å². The van der Waals surface area contributed by atoms with Gasteiger partial charge in [-0.05, 0) is 43.8 Å². The monoisotopic (exact) mass is 309 g/mol. The Hall–Kier alpha value is -2.40. The van der Waals surface area contributed by atoms with E-state index in [4.69, 9.17) is 4.52 Å². The lowest BCUT2D eigenvalue weighted by molar-refractivity contribution is 0.205. The van der Waals surface area contributed by atoms with Gasteiger partial charge in [-0.2, -0.15) is 0 Å². The number of aromatic hydroxyl groups is 1. The first-order valence-corrected chi connectivity index (χ1v) is 7.94. The summed E-state index contributed by atoms with van der Waals surface area (Å²) in [6.45, 7) is 3.61. The van der Waals surface area contributed by atoms with Gasteiger partial charge < -0.3 is 9.63 Å². The number of pyridine rings is 1. The van der Waals surface area contributed by atoms with Crippen LogP contribution in [0, 0.1) is 6.92 Å². The van der Waals surface area contributed by atoms with Crippen molar-refractivity contribution in [1.82, 2.24) is 15.0 Å². The van der Waals surface area contributed by atoms with E-state index in [1.54, 1.807) is 12.3 Å². The van der Waals surface area contributed by atoms with Gasteiger partial charge in [-0.1, -0.05) is 11.2 Å². The predicted octanol–water partition coefficient (Wildman–Crippen LogP) is 3.57. The third kappa shape index (κ3) is 2.57. The average Bonchev–Trinajstić information content (AvgIpc) is 3.19. The van der Waals surface area contributed by atoms with E-state index in [1.165, 1.54) is 0 Å². The Morgan fingerprint density at radius 2 is 2.26 bits per heavy atom. The first kappa shape index (κ1) is 14.2. The van der Waals surface area contributed by atoms with E-state index in [2.05, 4.69) is 15.0 Å². The van der Waals surface area contributed by atoms with Gasteiger partial charge in [-0.3, -0.25) is 9.88 Å². The number of aromatic nitrogens is 2. The van der Waals surface area contributed by atoms with Crippen LogP contribution in [0.5, 0.6) is 5.75 Å². The number of nitrogens with zero attached hydrogens (tertiary/aromatic N) is 3. The number of phenols is 1. The lowest BCUT2D eigenvalue weighted by Crippen LogP contribution is -2.22. The highest BCUT2D eigenvalue weighted by Crippen LogP contribution is 2.36. The molecule has 0 saturated carbocycles. The van der Waals surface area contributed by atoms with Crippen LogP contribution in [-0.4, -0.2) is 26.7 Å². The SMILES string of the molecule is Cc1cc([C@@H]2CCCN2Cc2c(O)ccc3ccncc23)on1. The van der Waals surface area contributed by atoms with E-state index in [0.29, 0.717) is 12.3 Å². The minimum Gasteiger partial charge on any atom is -0.508 e. The molecule has 0 spiro atoms. The molecule has 0 bridgehead atoms. The first-order valence-electron chi connectivity index (χ1n) is 7.94. The quantitative estimate of drug-likeness (QED) is 0.801. The molecule has 1 saturated heterocycles. The second kappa shape index (κ2) is 5.66. The zero-order chi connectivity index (χ0) is 15.8. The molecule has 3 heterocycles. The van der Waals surface area contributed by atoms with Crippen molar-refractivity contribution in [1.29, 1.82) is 0 Å². The van der Waals surface area contributed by atoms with Crippen LogP contribution in [0.1, 0.15) is 35.9 Å². The molecule has 1 N–H and O–H groups in total. The number of hydrogen-bond acceptors (Lipinski definition) is 5. The summed E-state index contributed by atoms with van der Waals surface area (Å²) in [4.78, 5) is 6.56. The minimum atomic E-state index is 0.225. The van der Waals surface area contributed by atoms with Gasteiger partial charge in [0, 0.05) is 36.0 Å². The highest BCUT2D eigenvalue weighted by atomic mass is 16.5. The van der Waals surface area contributed by atoms with Crippen LogP contribution in [0.2, 0.25) is 0 Å². The summed E-state index contributed by atoms with van der Waals surface area (Å²) in [6, 6.07) is 7.90. The van der Waals surface area contributed by atoms with Crippen LogP contribution in [0.4, 0.5) is 0 Å². The van der Waals surface area contributed by atoms with Crippen molar-refractivity contribution in [2.45, 2.75) is 32.4 Å². The largest absolute Gasteiger partial charge is 0.508 e. The van der Waals surface area contributed by atoms with Gasteiger partial charge in [-0.25, -0.2) is 0 Å². The molecule has 1 aliphatic rings. The summed E-state index contributed by atoms with van der Waals surface area (Å²) in [5.41, 5.74) is 1.84. The Bertz CT molecular complexity index is 843. The minimum absolute atomic E-state index is 0.225. The van der Waals surface area contributed by atoms with E-state index in [1.807, 2.05) is 31.3 Å². The summed E-state index contributed by atoms with van der Waals surface area (Å²) in [5.74, 6) is 1.24. The van der Waals surface area contributed by atoms with Crippen molar-refractivity contribution < 1.29 is 9.63 Å². The van der Waals surface area contributed by atoms with Gasteiger partial charge in [0.1, 0.15) is 5.75 Å². The first-order chi connectivity index (χ1) is 11.2. The molecule has 3 aromatic rings.